The van der Waals surface area contributed by atoms with E-state index in [-0.39, 0.29) is 17.7 Å². The van der Waals surface area contributed by atoms with Crippen LogP contribution in [0.25, 0.3) is 21.1 Å². The summed E-state index contributed by atoms with van der Waals surface area (Å²) in [5.74, 6) is -0.408. The van der Waals surface area contributed by atoms with E-state index >= 15 is 0 Å². The lowest BCUT2D eigenvalue weighted by molar-refractivity contribution is -0.123. The third-order valence-corrected chi connectivity index (χ3v) is 6.11. The number of carbonyl (C=O) groups excluding carboxylic acids is 2. The van der Waals surface area contributed by atoms with Crippen LogP contribution in [-0.2, 0) is 4.79 Å². The third kappa shape index (κ3) is 2.93. The normalized spacial score (nSPS) is 14.4. The molecule has 140 valence electrons. The highest BCUT2D eigenvalue weighted by Gasteiger charge is 2.37. The smallest absolute Gasteiger partial charge is 0.256 e. The minimum atomic E-state index is -0.232. The van der Waals surface area contributed by atoms with Crippen LogP contribution in [0.15, 0.2) is 48.7 Å². The van der Waals surface area contributed by atoms with Crippen LogP contribution in [0, 0.1) is 5.92 Å². The molecule has 2 aromatic heterocycles. The second-order valence-electron chi connectivity index (χ2n) is 6.78. The number of amides is 2. The Hall–Kier alpha value is -2.90. The molecule has 0 spiro atoms. The molecule has 4 aromatic rings. The topological polar surface area (TPSA) is 78.1 Å². The van der Waals surface area contributed by atoms with Crippen molar-refractivity contribution in [3.63, 3.8) is 0 Å². The van der Waals surface area contributed by atoms with E-state index in [4.69, 9.17) is 11.6 Å². The fourth-order valence-corrected chi connectivity index (χ4v) is 4.53. The van der Waals surface area contributed by atoms with Gasteiger partial charge in [-0.3, -0.25) is 9.59 Å². The molecule has 0 radical (unpaired) electrons. The predicted molar refractivity (Wildman–Crippen MR) is 111 cm³/mol. The molecule has 2 amide bonds. The molecular weight excluding hydrogens is 396 g/mol. The molecule has 2 N–H and O–H groups in total. The standard InChI is InChI=1S/C20H15ClN4O2S/c21-12-5-6-16-17(7-12)28-20(23-16)24-18(26)11-9-25(10-11)19(27)14-8-22-15-4-2-1-3-13(14)15/h1-8,11,22H,9-10H2,(H,23,24,26). The highest BCUT2D eigenvalue weighted by atomic mass is 35.5. The SMILES string of the molecule is O=C(Nc1nc2ccc(Cl)cc2s1)C1CN(C(=O)c2c[nH]c3ccccc23)C1. The van der Waals surface area contributed by atoms with Crippen LogP contribution in [0.4, 0.5) is 5.13 Å². The number of fused-ring (bicyclic) bond motifs is 2. The first kappa shape index (κ1) is 17.2. The maximum atomic E-state index is 12.7. The van der Waals surface area contributed by atoms with Crippen molar-refractivity contribution in [2.24, 2.45) is 5.92 Å². The van der Waals surface area contributed by atoms with Gasteiger partial charge in [0.2, 0.25) is 5.91 Å². The highest BCUT2D eigenvalue weighted by Crippen LogP contribution is 2.30. The Morgan fingerprint density at radius 1 is 1.21 bits per heavy atom. The molecule has 2 aromatic carbocycles. The molecule has 0 aliphatic carbocycles. The van der Waals surface area contributed by atoms with E-state index in [0.29, 0.717) is 28.8 Å². The Morgan fingerprint density at radius 2 is 2.04 bits per heavy atom. The van der Waals surface area contributed by atoms with Crippen molar-refractivity contribution in [1.82, 2.24) is 14.9 Å². The average Bonchev–Trinajstić information content (AvgIpc) is 3.23. The number of H-pyrrole nitrogens is 1. The monoisotopic (exact) mass is 410 g/mol. The molecule has 0 atom stereocenters. The number of aromatic nitrogens is 2. The van der Waals surface area contributed by atoms with Gasteiger partial charge in [0.15, 0.2) is 5.13 Å². The number of hydrogen-bond donors (Lipinski definition) is 2. The van der Waals surface area contributed by atoms with Crippen LogP contribution in [0.3, 0.4) is 0 Å². The van der Waals surface area contributed by atoms with E-state index in [1.807, 2.05) is 36.4 Å². The maximum Gasteiger partial charge on any atom is 0.256 e. The zero-order valence-corrected chi connectivity index (χ0v) is 16.2. The number of thiazole rings is 1. The van der Waals surface area contributed by atoms with Crippen LogP contribution in [-0.4, -0.2) is 39.8 Å². The van der Waals surface area contributed by atoms with Crippen LogP contribution >= 0.6 is 22.9 Å². The van der Waals surface area contributed by atoms with Crippen molar-refractivity contribution in [2.45, 2.75) is 0 Å². The number of anilines is 1. The molecule has 1 aliphatic heterocycles. The summed E-state index contributed by atoms with van der Waals surface area (Å²) < 4.78 is 0.924. The molecule has 1 fully saturated rings. The Balaban J connectivity index is 1.24. The van der Waals surface area contributed by atoms with Crippen molar-refractivity contribution >= 4 is 61.0 Å². The summed E-state index contributed by atoms with van der Waals surface area (Å²) in [4.78, 5) is 34.4. The van der Waals surface area contributed by atoms with Crippen LogP contribution in [0.5, 0.6) is 0 Å². The summed E-state index contributed by atoms with van der Waals surface area (Å²) >= 11 is 7.38. The van der Waals surface area contributed by atoms with Gasteiger partial charge in [0.25, 0.3) is 5.91 Å². The summed E-state index contributed by atoms with van der Waals surface area (Å²) in [6, 6.07) is 13.1. The molecule has 0 bridgehead atoms. The fourth-order valence-electron chi connectivity index (χ4n) is 3.39. The maximum absolute atomic E-state index is 12.7. The summed E-state index contributed by atoms with van der Waals surface area (Å²) in [6.45, 7) is 0.807. The Bertz CT molecular complexity index is 1230. The van der Waals surface area contributed by atoms with Crippen molar-refractivity contribution in [3.05, 3.63) is 59.2 Å². The molecule has 1 saturated heterocycles. The van der Waals surface area contributed by atoms with E-state index < -0.39 is 0 Å². The molecule has 1 aliphatic rings. The second-order valence-corrected chi connectivity index (χ2v) is 8.24. The molecule has 3 heterocycles. The number of carbonyl (C=O) groups is 2. The number of para-hydroxylation sites is 1. The second kappa shape index (κ2) is 6.61. The number of nitrogens with one attached hydrogen (secondary N) is 2. The van der Waals surface area contributed by atoms with Crippen molar-refractivity contribution in [1.29, 1.82) is 0 Å². The van der Waals surface area contributed by atoms with Gasteiger partial charge in [-0.05, 0) is 24.3 Å². The number of aromatic amines is 1. The molecule has 8 heteroatoms. The van der Waals surface area contributed by atoms with Gasteiger partial charge in [-0.15, -0.1) is 0 Å². The number of benzene rings is 2. The summed E-state index contributed by atoms with van der Waals surface area (Å²) in [7, 11) is 0. The Labute approximate surface area is 169 Å². The first-order chi connectivity index (χ1) is 13.6. The molecular formula is C20H15ClN4O2S. The van der Waals surface area contributed by atoms with Crippen LogP contribution in [0.2, 0.25) is 5.02 Å². The first-order valence-corrected chi connectivity index (χ1v) is 10.0. The number of likely N-dealkylation sites (tertiary alicyclic amines) is 1. The van der Waals surface area contributed by atoms with Crippen molar-refractivity contribution in [2.75, 3.05) is 18.4 Å². The largest absolute Gasteiger partial charge is 0.360 e. The van der Waals surface area contributed by atoms with Gasteiger partial charge in [0.05, 0.1) is 21.7 Å². The van der Waals surface area contributed by atoms with Gasteiger partial charge in [-0.1, -0.05) is 41.1 Å². The van der Waals surface area contributed by atoms with Gasteiger partial charge < -0.3 is 15.2 Å². The minimum Gasteiger partial charge on any atom is -0.360 e. The van der Waals surface area contributed by atoms with Gasteiger partial charge in [-0.2, -0.15) is 0 Å². The van der Waals surface area contributed by atoms with Crippen molar-refractivity contribution < 1.29 is 9.59 Å². The van der Waals surface area contributed by atoms with E-state index in [9.17, 15) is 9.59 Å². The van der Waals surface area contributed by atoms with E-state index in [1.54, 1.807) is 17.2 Å². The third-order valence-electron chi connectivity index (χ3n) is 4.94. The molecule has 6 nitrogen and oxygen atoms in total. The molecule has 0 saturated carbocycles. The Kier molecular flexibility index (Phi) is 4.07. The Morgan fingerprint density at radius 3 is 2.89 bits per heavy atom. The quantitative estimate of drug-likeness (QED) is 0.532. The predicted octanol–water partition coefficient (Wildman–Crippen LogP) is 4.14. The number of nitrogens with zero attached hydrogens (tertiary/aromatic N) is 2. The summed E-state index contributed by atoms with van der Waals surface area (Å²) in [6.07, 6.45) is 1.73. The van der Waals surface area contributed by atoms with Gasteiger partial charge in [0, 0.05) is 35.2 Å². The zero-order valence-electron chi connectivity index (χ0n) is 14.6. The first-order valence-electron chi connectivity index (χ1n) is 8.81. The van der Waals surface area contributed by atoms with Gasteiger partial charge >= 0.3 is 0 Å². The molecule has 5 rings (SSSR count). The highest BCUT2D eigenvalue weighted by molar-refractivity contribution is 7.22. The minimum absolute atomic E-state index is 0.0591. The van der Waals surface area contributed by atoms with Gasteiger partial charge in [-0.25, -0.2) is 4.98 Å². The molecule has 0 unspecified atom stereocenters. The van der Waals surface area contributed by atoms with E-state index in [2.05, 4.69) is 15.3 Å². The van der Waals surface area contributed by atoms with E-state index in [1.165, 1.54) is 11.3 Å². The number of hydrogen-bond acceptors (Lipinski definition) is 4. The van der Waals surface area contributed by atoms with Crippen LogP contribution < -0.4 is 5.32 Å². The van der Waals surface area contributed by atoms with Crippen molar-refractivity contribution in [3.8, 4) is 0 Å². The summed E-state index contributed by atoms with van der Waals surface area (Å²) in [5, 5.41) is 4.94. The lowest BCUT2D eigenvalue weighted by Crippen LogP contribution is -2.54. The number of rotatable bonds is 3. The van der Waals surface area contributed by atoms with E-state index in [0.717, 1.165) is 21.1 Å². The lowest BCUT2D eigenvalue weighted by Gasteiger charge is -2.37. The van der Waals surface area contributed by atoms with Gasteiger partial charge in [0.1, 0.15) is 0 Å². The fraction of sp³-hybridized carbons (Fsp3) is 0.150. The average molecular weight is 411 g/mol. The lowest BCUT2D eigenvalue weighted by atomic mass is 9.98. The zero-order chi connectivity index (χ0) is 19.3. The summed E-state index contributed by atoms with van der Waals surface area (Å²) in [5.41, 5.74) is 2.36. The number of halogens is 1. The van der Waals surface area contributed by atoms with Crippen LogP contribution in [0.1, 0.15) is 10.4 Å². The molecule has 28 heavy (non-hydrogen) atoms.